The van der Waals surface area contributed by atoms with Gasteiger partial charge in [-0.05, 0) is 56.2 Å². The molecule has 3 aliphatic rings. The summed E-state index contributed by atoms with van der Waals surface area (Å²) in [5, 5.41) is 6.64. The Hall–Kier alpha value is -1.59. The predicted molar refractivity (Wildman–Crippen MR) is 113 cm³/mol. The van der Waals surface area contributed by atoms with Gasteiger partial charge in [-0.1, -0.05) is 38.0 Å². The summed E-state index contributed by atoms with van der Waals surface area (Å²) in [6, 6.07) is 9.47. The maximum atomic E-state index is 13.3. The van der Waals surface area contributed by atoms with E-state index >= 15 is 0 Å². The van der Waals surface area contributed by atoms with Crippen molar-refractivity contribution in [2.24, 2.45) is 11.8 Å². The topological polar surface area (TPSA) is 61.4 Å². The molecule has 1 saturated carbocycles. The summed E-state index contributed by atoms with van der Waals surface area (Å²) in [6.45, 7) is 4.03. The van der Waals surface area contributed by atoms with Gasteiger partial charge in [0, 0.05) is 24.2 Å². The van der Waals surface area contributed by atoms with Gasteiger partial charge in [-0.3, -0.25) is 9.59 Å². The van der Waals surface area contributed by atoms with Crippen molar-refractivity contribution in [1.82, 2.24) is 15.5 Å². The molecular formula is C22H32ClN3O2. The highest BCUT2D eigenvalue weighted by Gasteiger charge is 2.47. The molecular weight excluding hydrogens is 374 g/mol. The minimum absolute atomic E-state index is 0. The van der Waals surface area contributed by atoms with E-state index in [4.69, 9.17) is 0 Å². The zero-order valence-corrected chi connectivity index (χ0v) is 17.4. The van der Waals surface area contributed by atoms with Gasteiger partial charge >= 0.3 is 0 Å². The van der Waals surface area contributed by atoms with Crippen LogP contribution in [0.2, 0.25) is 0 Å². The van der Waals surface area contributed by atoms with Crippen molar-refractivity contribution in [3.63, 3.8) is 0 Å². The number of rotatable bonds is 3. The van der Waals surface area contributed by atoms with Gasteiger partial charge in [0.1, 0.15) is 6.04 Å². The van der Waals surface area contributed by atoms with Crippen molar-refractivity contribution < 1.29 is 9.59 Å². The van der Waals surface area contributed by atoms with Gasteiger partial charge in [0.05, 0.1) is 0 Å². The van der Waals surface area contributed by atoms with E-state index in [2.05, 4.69) is 17.6 Å². The van der Waals surface area contributed by atoms with Gasteiger partial charge in [-0.25, -0.2) is 0 Å². The molecule has 6 heteroatoms. The van der Waals surface area contributed by atoms with Crippen LogP contribution in [0, 0.1) is 11.8 Å². The molecule has 2 saturated heterocycles. The number of halogens is 1. The number of piperidine rings is 1. The highest BCUT2D eigenvalue weighted by Crippen LogP contribution is 2.40. The zero-order chi connectivity index (χ0) is 18.8. The highest BCUT2D eigenvalue weighted by molar-refractivity contribution is 5.98. The van der Waals surface area contributed by atoms with E-state index < -0.39 is 0 Å². The highest BCUT2D eigenvalue weighted by atomic mass is 35.5. The van der Waals surface area contributed by atoms with Crippen LogP contribution in [-0.4, -0.2) is 47.9 Å². The smallest absolute Gasteiger partial charge is 0.254 e. The summed E-state index contributed by atoms with van der Waals surface area (Å²) in [5.41, 5.74) is 0.689. The molecule has 154 valence electrons. The Labute approximate surface area is 174 Å². The zero-order valence-electron chi connectivity index (χ0n) is 16.6. The summed E-state index contributed by atoms with van der Waals surface area (Å²) in [5.74, 6) is 0.982. The Kier molecular flexibility index (Phi) is 7.00. The van der Waals surface area contributed by atoms with Crippen LogP contribution >= 0.6 is 12.4 Å². The third-order valence-electron chi connectivity index (χ3n) is 6.80. The molecule has 5 atom stereocenters. The van der Waals surface area contributed by atoms with Crippen LogP contribution in [0.3, 0.4) is 0 Å². The first-order valence-electron chi connectivity index (χ1n) is 10.5. The summed E-state index contributed by atoms with van der Waals surface area (Å²) in [6.07, 6.45) is 6.41. The third kappa shape index (κ3) is 4.20. The molecule has 5 nitrogen and oxygen atoms in total. The molecule has 1 aliphatic carbocycles. The van der Waals surface area contributed by atoms with Crippen molar-refractivity contribution >= 4 is 24.2 Å². The molecule has 2 heterocycles. The quantitative estimate of drug-likeness (QED) is 0.812. The van der Waals surface area contributed by atoms with E-state index in [1.807, 2.05) is 35.2 Å². The van der Waals surface area contributed by atoms with Crippen LogP contribution in [0.5, 0.6) is 0 Å². The summed E-state index contributed by atoms with van der Waals surface area (Å²) >= 11 is 0. The molecule has 1 aromatic carbocycles. The molecule has 4 rings (SSSR count). The molecule has 2 amide bonds. The Morgan fingerprint density at radius 3 is 2.61 bits per heavy atom. The largest absolute Gasteiger partial charge is 0.350 e. The fourth-order valence-corrected chi connectivity index (χ4v) is 5.18. The standard InChI is InChI=1S/C22H31N3O2.ClH/c1-15-11-12-23-14-18(15)24-21(26)20-13-17-9-5-6-10-19(17)25(20)22(27)16-7-3-2-4-8-16;/h2-4,7-8,15,17-20,23H,5-6,9-14H2,1H3,(H,24,26);1H. The summed E-state index contributed by atoms with van der Waals surface area (Å²) < 4.78 is 0. The van der Waals surface area contributed by atoms with Crippen LogP contribution in [0.1, 0.15) is 55.8 Å². The average molecular weight is 406 g/mol. The summed E-state index contributed by atoms with van der Waals surface area (Å²) in [7, 11) is 0. The SMILES string of the molecule is CC1CCNCC1NC(=O)C1CC2CCCCC2N1C(=O)c1ccccc1.Cl. The van der Waals surface area contributed by atoms with Gasteiger partial charge in [0.25, 0.3) is 5.91 Å². The number of carbonyl (C=O) groups is 2. The van der Waals surface area contributed by atoms with E-state index in [-0.39, 0.29) is 42.3 Å². The molecule has 2 N–H and O–H groups in total. The van der Waals surface area contributed by atoms with E-state index in [1.54, 1.807) is 0 Å². The van der Waals surface area contributed by atoms with E-state index in [0.717, 1.165) is 45.2 Å². The normalized spacial score (nSPS) is 32.2. The number of fused-ring (bicyclic) bond motifs is 1. The molecule has 2 aliphatic heterocycles. The number of likely N-dealkylation sites (tertiary alicyclic amines) is 1. The van der Waals surface area contributed by atoms with Gasteiger partial charge in [-0.2, -0.15) is 0 Å². The van der Waals surface area contributed by atoms with Crippen molar-refractivity contribution in [3.05, 3.63) is 35.9 Å². The Morgan fingerprint density at radius 2 is 1.86 bits per heavy atom. The lowest BCUT2D eigenvalue weighted by Gasteiger charge is -2.35. The average Bonchev–Trinajstić information content (AvgIpc) is 3.09. The molecule has 0 aromatic heterocycles. The third-order valence-corrected chi connectivity index (χ3v) is 6.80. The maximum Gasteiger partial charge on any atom is 0.254 e. The molecule has 0 radical (unpaired) electrons. The number of benzene rings is 1. The van der Waals surface area contributed by atoms with Gasteiger partial charge in [0.2, 0.25) is 5.91 Å². The summed E-state index contributed by atoms with van der Waals surface area (Å²) in [4.78, 5) is 28.4. The number of hydrogen-bond donors (Lipinski definition) is 2. The first-order chi connectivity index (χ1) is 13.1. The lowest BCUT2D eigenvalue weighted by atomic mass is 9.84. The maximum absolute atomic E-state index is 13.3. The number of carbonyl (C=O) groups excluding carboxylic acids is 2. The number of amides is 2. The van der Waals surface area contributed by atoms with Gasteiger partial charge in [0.15, 0.2) is 0 Å². The van der Waals surface area contributed by atoms with Crippen molar-refractivity contribution in [3.8, 4) is 0 Å². The van der Waals surface area contributed by atoms with Crippen LogP contribution < -0.4 is 10.6 Å². The van der Waals surface area contributed by atoms with Crippen LogP contribution in [0.15, 0.2) is 30.3 Å². The van der Waals surface area contributed by atoms with Crippen LogP contribution in [0.25, 0.3) is 0 Å². The molecule has 3 fully saturated rings. The lowest BCUT2D eigenvalue weighted by molar-refractivity contribution is -0.126. The number of nitrogens with zero attached hydrogens (tertiary/aromatic N) is 1. The van der Waals surface area contributed by atoms with E-state index in [9.17, 15) is 9.59 Å². The molecule has 0 spiro atoms. The first kappa shape index (κ1) is 21.1. The van der Waals surface area contributed by atoms with E-state index in [1.165, 1.54) is 6.42 Å². The predicted octanol–water partition coefficient (Wildman–Crippen LogP) is 3.00. The fraction of sp³-hybridized carbons (Fsp3) is 0.636. The van der Waals surface area contributed by atoms with Crippen LogP contribution in [0.4, 0.5) is 0 Å². The Morgan fingerprint density at radius 1 is 1.11 bits per heavy atom. The molecule has 28 heavy (non-hydrogen) atoms. The Balaban J connectivity index is 0.00000225. The molecule has 5 unspecified atom stereocenters. The number of hydrogen-bond acceptors (Lipinski definition) is 3. The second-order valence-electron chi connectivity index (χ2n) is 8.53. The number of nitrogens with one attached hydrogen (secondary N) is 2. The Bertz CT molecular complexity index is 684. The second kappa shape index (κ2) is 9.27. The van der Waals surface area contributed by atoms with E-state index in [0.29, 0.717) is 17.4 Å². The van der Waals surface area contributed by atoms with Crippen molar-refractivity contribution in [2.45, 2.75) is 63.6 Å². The first-order valence-corrected chi connectivity index (χ1v) is 10.5. The van der Waals surface area contributed by atoms with Crippen molar-refractivity contribution in [1.29, 1.82) is 0 Å². The monoisotopic (exact) mass is 405 g/mol. The van der Waals surface area contributed by atoms with Crippen LogP contribution in [-0.2, 0) is 4.79 Å². The van der Waals surface area contributed by atoms with Crippen molar-refractivity contribution in [2.75, 3.05) is 13.1 Å². The van der Waals surface area contributed by atoms with Gasteiger partial charge < -0.3 is 15.5 Å². The lowest BCUT2D eigenvalue weighted by Crippen LogP contribution is -2.56. The van der Waals surface area contributed by atoms with Gasteiger partial charge in [-0.15, -0.1) is 12.4 Å². The molecule has 1 aromatic rings. The second-order valence-corrected chi connectivity index (χ2v) is 8.53. The minimum atomic E-state index is -0.333. The molecule has 0 bridgehead atoms. The fourth-order valence-electron chi connectivity index (χ4n) is 5.18. The minimum Gasteiger partial charge on any atom is -0.350 e.